The van der Waals surface area contributed by atoms with E-state index in [0.717, 1.165) is 5.56 Å². The summed E-state index contributed by atoms with van der Waals surface area (Å²) in [5.41, 5.74) is 1.37. The second-order valence-electron chi connectivity index (χ2n) is 3.71. The highest BCUT2D eigenvalue weighted by atomic mass is 35.5. The summed E-state index contributed by atoms with van der Waals surface area (Å²) in [6, 6.07) is 10.4. The molecule has 19 heavy (non-hydrogen) atoms. The highest BCUT2D eigenvalue weighted by Crippen LogP contribution is 2.12. The highest BCUT2D eigenvalue weighted by molar-refractivity contribution is 6.30. The molecule has 0 saturated carbocycles. The minimum Gasteiger partial charge on any atom is -0.465 e. The molecule has 0 spiro atoms. The molecule has 0 unspecified atom stereocenters. The first-order valence-electron chi connectivity index (χ1n) is 5.53. The molecular weight excluding hydrogens is 264 g/mol. The van der Waals surface area contributed by atoms with Crippen LogP contribution in [0.15, 0.2) is 47.6 Å². The van der Waals surface area contributed by atoms with Gasteiger partial charge in [0.05, 0.1) is 17.7 Å². The van der Waals surface area contributed by atoms with Gasteiger partial charge < -0.3 is 4.74 Å². The Morgan fingerprint density at radius 1 is 1.26 bits per heavy atom. The third-order valence-corrected chi connectivity index (χ3v) is 2.61. The number of hydrogen-bond donors (Lipinski definition) is 0. The number of esters is 1. The average molecular weight is 275 g/mol. The van der Waals surface area contributed by atoms with Crippen LogP contribution in [-0.4, -0.2) is 24.3 Å². The van der Waals surface area contributed by atoms with E-state index in [-0.39, 0.29) is 5.97 Å². The van der Waals surface area contributed by atoms with E-state index in [9.17, 15) is 4.79 Å². The Balaban J connectivity index is 2.11. The van der Waals surface area contributed by atoms with Crippen LogP contribution in [0.25, 0.3) is 0 Å². The van der Waals surface area contributed by atoms with Crippen molar-refractivity contribution in [3.63, 3.8) is 0 Å². The van der Waals surface area contributed by atoms with Gasteiger partial charge in [-0.15, -0.1) is 0 Å². The summed E-state index contributed by atoms with van der Waals surface area (Å²) in [6.07, 6.45) is 3.20. The summed E-state index contributed by atoms with van der Waals surface area (Å²) < 4.78 is 4.62. The molecule has 0 aliphatic rings. The van der Waals surface area contributed by atoms with Gasteiger partial charge in [0.1, 0.15) is 0 Å². The number of carbonyl (C=O) groups is 1. The molecule has 5 heteroatoms. The Hall–Kier alpha value is -2.20. The van der Waals surface area contributed by atoms with Crippen LogP contribution in [0.2, 0.25) is 5.02 Å². The summed E-state index contributed by atoms with van der Waals surface area (Å²) >= 11 is 5.73. The maximum absolute atomic E-state index is 11.3. The number of pyridine rings is 1. The summed E-state index contributed by atoms with van der Waals surface area (Å²) in [4.78, 5) is 19.5. The Kier molecular flexibility index (Phi) is 4.26. The molecule has 2 rings (SSSR count). The molecular formula is C14H11ClN2O2. The zero-order valence-electron chi connectivity index (χ0n) is 10.2. The Labute approximate surface area is 115 Å². The molecule has 1 aromatic heterocycles. The van der Waals surface area contributed by atoms with Gasteiger partial charge in [-0.1, -0.05) is 23.7 Å². The second-order valence-corrected chi connectivity index (χ2v) is 4.14. The zero-order valence-corrected chi connectivity index (χ0v) is 11.0. The lowest BCUT2D eigenvalue weighted by Crippen LogP contribution is -2.00. The van der Waals surface area contributed by atoms with Crippen LogP contribution in [0.5, 0.6) is 0 Å². The third kappa shape index (κ3) is 3.63. The van der Waals surface area contributed by atoms with Crippen molar-refractivity contribution in [2.24, 2.45) is 4.99 Å². The summed E-state index contributed by atoms with van der Waals surface area (Å²) in [7, 11) is 1.35. The molecule has 0 bridgehead atoms. The van der Waals surface area contributed by atoms with Gasteiger partial charge in [0, 0.05) is 12.4 Å². The number of aliphatic imine (C=N–C) groups is 1. The summed E-state index contributed by atoms with van der Waals surface area (Å²) in [6.45, 7) is 0. The van der Waals surface area contributed by atoms with Gasteiger partial charge in [-0.3, -0.25) is 0 Å². The number of hydrogen-bond acceptors (Lipinski definition) is 4. The van der Waals surface area contributed by atoms with Crippen LogP contribution in [0, 0.1) is 0 Å². The third-order valence-electron chi connectivity index (χ3n) is 2.39. The fourth-order valence-electron chi connectivity index (χ4n) is 1.41. The molecule has 1 aromatic carbocycles. The second kappa shape index (κ2) is 6.11. The molecule has 0 saturated heterocycles. The fourth-order valence-corrected chi connectivity index (χ4v) is 1.52. The van der Waals surface area contributed by atoms with Crippen LogP contribution in [0.3, 0.4) is 0 Å². The van der Waals surface area contributed by atoms with Gasteiger partial charge in [-0.2, -0.15) is 0 Å². The van der Waals surface area contributed by atoms with E-state index in [4.69, 9.17) is 11.6 Å². The molecule has 0 aliphatic carbocycles. The van der Waals surface area contributed by atoms with Crippen molar-refractivity contribution in [2.45, 2.75) is 0 Å². The smallest absolute Gasteiger partial charge is 0.337 e. The SMILES string of the molecule is COC(=O)c1ccc(C=Nc2ccc(Cl)cn2)cc1. The number of halogens is 1. The lowest BCUT2D eigenvalue weighted by atomic mass is 10.1. The number of nitrogens with zero attached hydrogens (tertiary/aromatic N) is 2. The minimum atomic E-state index is -0.358. The number of benzene rings is 1. The van der Waals surface area contributed by atoms with Gasteiger partial charge in [0.15, 0.2) is 5.82 Å². The van der Waals surface area contributed by atoms with Crippen molar-refractivity contribution in [1.82, 2.24) is 4.98 Å². The molecule has 1 heterocycles. The quantitative estimate of drug-likeness (QED) is 0.637. The van der Waals surface area contributed by atoms with E-state index in [1.165, 1.54) is 13.3 Å². The first kappa shape index (κ1) is 13.2. The van der Waals surface area contributed by atoms with Crippen molar-refractivity contribution in [2.75, 3.05) is 7.11 Å². The van der Waals surface area contributed by atoms with E-state index in [2.05, 4.69) is 14.7 Å². The molecule has 0 aliphatic heterocycles. The monoisotopic (exact) mass is 274 g/mol. The van der Waals surface area contributed by atoms with Crippen LogP contribution in [0.1, 0.15) is 15.9 Å². The average Bonchev–Trinajstić information content (AvgIpc) is 2.46. The largest absolute Gasteiger partial charge is 0.465 e. The first-order chi connectivity index (χ1) is 9.19. The van der Waals surface area contributed by atoms with E-state index in [1.54, 1.807) is 42.6 Å². The summed E-state index contributed by atoms with van der Waals surface area (Å²) in [5.74, 6) is 0.212. The topological polar surface area (TPSA) is 51.5 Å². The van der Waals surface area contributed by atoms with Gasteiger partial charge in [-0.25, -0.2) is 14.8 Å². The highest BCUT2D eigenvalue weighted by Gasteiger charge is 2.03. The van der Waals surface area contributed by atoms with Crippen LogP contribution < -0.4 is 0 Å². The van der Waals surface area contributed by atoms with E-state index >= 15 is 0 Å². The number of ether oxygens (including phenoxy) is 1. The number of methoxy groups -OCH3 is 1. The van der Waals surface area contributed by atoms with Gasteiger partial charge in [0.25, 0.3) is 0 Å². The van der Waals surface area contributed by atoms with Crippen molar-refractivity contribution < 1.29 is 9.53 Å². The molecule has 0 radical (unpaired) electrons. The number of rotatable bonds is 3. The molecule has 0 N–H and O–H groups in total. The standard InChI is InChI=1S/C14H11ClN2O2/c1-19-14(18)11-4-2-10(3-5-11)8-16-13-7-6-12(15)9-17-13/h2-9H,1H3. The van der Waals surface area contributed by atoms with Crippen molar-refractivity contribution >= 4 is 29.6 Å². The lowest BCUT2D eigenvalue weighted by molar-refractivity contribution is 0.0601. The minimum absolute atomic E-state index is 0.358. The van der Waals surface area contributed by atoms with E-state index in [1.807, 2.05) is 0 Å². The maximum atomic E-state index is 11.3. The van der Waals surface area contributed by atoms with Gasteiger partial charge in [-0.05, 0) is 29.8 Å². The normalized spacial score (nSPS) is 10.6. The molecule has 0 amide bonds. The van der Waals surface area contributed by atoms with E-state index < -0.39 is 0 Å². The zero-order chi connectivity index (χ0) is 13.7. The van der Waals surface area contributed by atoms with Crippen LogP contribution in [-0.2, 0) is 4.74 Å². The fraction of sp³-hybridized carbons (Fsp3) is 0.0714. The van der Waals surface area contributed by atoms with Crippen molar-refractivity contribution in [3.05, 3.63) is 58.7 Å². The van der Waals surface area contributed by atoms with Crippen molar-refractivity contribution in [1.29, 1.82) is 0 Å². The van der Waals surface area contributed by atoms with Crippen molar-refractivity contribution in [3.8, 4) is 0 Å². The molecule has 0 atom stereocenters. The Bertz CT molecular complexity index is 592. The van der Waals surface area contributed by atoms with E-state index in [0.29, 0.717) is 16.4 Å². The first-order valence-corrected chi connectivity index (χ1v) is 5.91. The number of carbonyl (C=O) groups excluding carboxylic acids is 1. The molecule has 0 fully saturated rings. The predicted octanol–water partition coefficient (Wildman–Crippen LogP) is 3.27. The molecule has 4 nitrogen and oxygen atoms in total. The molecule has 2 aromatic rings. The Morgan fingerprint density at radius 2 is 2.00 bits per heavy atom. The lowest BCUT2D eigenvalue weighted by Gasteiger charge is -1.99. The van der Waals surface area contributed by atoms with Crippen LogP contribution >= 0.6 is 11.6 Å². The predicted molar refractivity (Wildman–Crippen MR) is 74.3 cm³/mol. The maximum Gasteiger partial charge on any atom is 0.337 e. The van der Waals surface area contributed by atoms with Gasteiger partial charge in [0.2, 0.25) is 0 Å². The van der Waals surface area contributed by atoms with Crippen LogP contribution in [0.4, 0.5) is 5.82 Å². The molecule has 96 valence electrons. The Morgan fingerprint density at radius 3 is 2.58 bits per heavy atom. The van der Waals surface area contributed by atoms with Gasteiger partial charge >= 0.3 is 5.97 Å². The summed E-state index contributed by atoms with van der Waals surface area (Å²) in [5, 5.41) is 0.571. The number of aromatic nitrogens is 1.